The van der Waals surface area contributed by atoms with Gasteiger partial charge in [-0.2, -0.15) is 5.10 Å². The van der Waals surface area contributed by atoms with E-state index in [1.54, 1.807) is 4.68 Å². The van der Waals surface area contributed by atoms with E-state index in [4.69, 9.17) is 5.73 Å². The van der Waals surface area contributed by atoms with Crippen LogP contribution < -0.4 is 5.73 Å². The van der Waals surface area contributed by atoms with Crippen LogP contribution in [0.3, 0.4) is 0 Å². The minimum Gasteiger partial charge on any atom is -0.319 e. The van der Waals surface area contributed by atoms with Crippen LogP contribution >= 0.6 is 15.9 Å². The fraction of sp³-hybridized carbons (Fsp3) is 0.600. The first-order valence-corrected chi connectivity index (χ1v) is 5.73. The van der Waals surface area contributed by atoms with E-state index < -0.39 is 5.54 Å². The lowest BCUT2D eigenvalue weighted by Crippen LogP contribution is -2.34. The molecule has 1 aliphatic carbocycles. The van der Waals surface area contributed by atoms with Gasteiger partial charge in [0.25, 0.3) is 0 Å². The molecule has 0 radical (unpaired) electrons. The second-order valence-corrected chi connectivity index (χ2v) is 5.02. The number of carbonyl (C=O) groups is 1. The summed E-state index contributed by atoms with van der Waals surface area (Å²) >= 11 is 3.44. The minimum absolute atomic E-state index is 0.117. The average molecular weight is 272 g/mol. The van der Waals surface area contributed by atoms with Crippen molar-refractivity contribution in [1.29, 1.82) is 0 Å². The number of ketones is 1. The molecule has 2 rings (SSSR count). The van der Waals surface area contributed by atoms with Crippen LogP contribution in [0.2, 0.25) is 0 Å². The second-order valence-electron chi connectivity index (χ2n) is 4.23. The van der Waals surface area contributed by atoms with E-state index in [9.17, 15) is 4.79 Å². The van der Waals surface area contributed by atoms with Crippen LogP contribution in [0.25, 0.3) is 0 Å². The molecule has 0 spiro atoms. The molecule has 82 valence electrons. The number of halogens is 1. The maximum atomic E-state index is 11.8. The lowest BCUT2D eigenvalue weighted by molar-refractivity contribution is -0.120. The Morgan fingerprint density at radius 2 is 2.27 bits per heavy atom. The Kier molecular flexibility index (Phi) is 2.47. The van der Waals surface area contributed by atoms with Gasteiger partial charge in [0.05, 0.1) is 27.8 Å². The summed E-state index contributed by atoms with van der Waals surface area (Å²) < 4.78 is 2.66. The summed E-state index contributed by atoms with van der Waals surface area (Å²) in [7, 11) is 1.84. The highest BCUT2D eigenvalue weighted by Gasteiger charge is 2.45. The van der Waals surface area contributed by atoms with Gasteiger partial charge in [-0.1, -0.05) is 0 Å². The van der Waals surface area contributed by atoms with Crippen molar-refractivity contribution in [1.82, 2.24) is 9.78 Å². The molecule has 1 saturated carbocycles. The molecule has 2 N–H and O–H groups in total. The maximum Gasteiger partial charge on any atom is 0.158 e. The number of nitrogens with two attached hydrogens (primary N) is 1. The lowest BCUT2D eigenvalue weighted by atomic mass is 10.1. The van der Waals surface area contributed by atoms with E-state index >= 15 is 0 Å². The van der Waals surface area contributed by atoms with Crippen molar-refractivity contribution < 1.29 is 4.79 Å². The predicted molar refractivity (Wildman–Crippen MR) is 60.5 cm³/mol. The normalized spacial score (nSPS) is 17.9. The first-order valence-electron chi connectivity index (χ1n) is 4.94. The van der Waals surface area contributed by atoms with Gasteiger partial charge in [0.15, 0.2) is 5.78 Å². The summed E-state index contributed by atoms with van der Waals surface area (Å²) in [6.07, 6.45) is 2.01. The Bertz CT molecular complexity index is 421. The Morgan fingerprint density at radius 3 is 2.67 bits per heavy atom. The van der Waals surface area contributed by atoms with Gasteiger partial charge >= 0.3 is 0 Å². The molecular weight excluding hydrogens is 258 g/mol. The number of carbonyl (C=O) groups excluding carboxylic acids is 1. The summed E-state index contributed by atoms with van der Waals surface area (Å²) in [6.45, 7) is 1.91. The Morgan fingerprint density at radius 1 is 1.67 bits per heavy atom. The van der Waals surface area contributed by atoms with Crippen LogP contribution in [0.1, 0.15) is 24.2 Å². The van der Waals surface area contributed by atoms with Crippen molar-refractivity contribution in [3.8, 4) is 0 Å². The average Bonchev–Trinajstić information content (AvgIpc) is 2.87. The van der Waals surface area contributed by atoms with Gasteiger partial charge in [-0.3, -0.25) is 9.48 Å². The van der Waals surface area contributed by atoms with Crippen molar-refractivity contribution in [2.75, 3.05) is 0 Å². The van der Waals surface area contributed by atoms with Crippen molar-refractivity contribution in [2.45, 2.75) is 31.7 Å². The van der Waals surface area contributed by atoms with Crippen molar-refractivity contribution in [3.05, 3.63) is 15.9 Å². The number of aromatic nitrogens is 2. The largest absolute Gasteiger partial charge is 0.319 e. The van der Waals surface area contributed by atoms with E-state index in [1.165, 1.54) is 0 Å². The van der Waals surface area contributed by atoms with Crippen LogP contribution in [0, 0.1) is 6.92 Å². The monoisotopic (exact) mass is 271 g/mol. The molecule has 0 saturated heterocycles. The summed E-state index contributed by atoms with van der Waals surface area (Å²) in [5, 5.41) is 4.24. The molecule has 0 atom stereocenters. The Balaban J connectivity index is 2.20. The summed E-state index contributed by atoms with van der Waals surface area (Å²) in [5.41, 5.74) is 7.12. The quantitative estimate of drug-likeness (QED) is 0.896. The minimum atomic E-state index is -0.544. The SMILES string of the molecule is Cc1nn(C)c(CC(=O)C2(N)CC2)c1Br. The van der Waals surface area contributed by atoms with Crippen LogP contribution in [0.15, 0.2) is 4.47 Å². The number of hydrogen-bond donors (Lipinski definition) is 1. The molecule has 0 unspecified atom stereocenters. The van der Waals surface area contributed by atoms with E-state index in [0.717, 1.165) is 28.7 Å². The fourth-order valence-corrected chi connectivity index (χ4v) is 2.09. The van der Waals surface area contributed by atoms with Gasteiger partial charge in [-0.15, -0.1) is 0 Å². The molecule has 0 amide bonds. The topological polar surface area (TPSA) is 60.9 Å². The Hall–Kier alpha value is -0.680. The number of aryl methyl sites for hydroxylation is 2. The third kappa shape index (κ3) is 1.86. The molecule has 0 aromatic carbocycles. The van der Waals surface area contributed by atoms with Gasteiger partial charge in [-0.25, -0.2) is 0 Å². The third-order valence-corrected chi connectivity index (χ3v) is 3.97. The molecule has 15 heavy (non-hydrogen) atoms. The van der Waals surface area contributed by atoms with Crippen molar-refractivity contribution in [2.24, 2.45) is 12.8 Å². The van der Waals surface area contributed by atoms with E-state index in [1.807, 2.05) is 14.0 Å². The summed E-state index contributed by atoms with van der Waals surface area (Å²) in [6, 6.07) is 0. The van der Waals surface area contributed by atoms with Crippen LogP contribution in [-0.4, -0.2) is 21.1 Å². The van der Waals surface area contributed by atoms with Crippen LogP contribution in [-0.2, 0) is 18.3 Å². The molecule has 5 heteroatoms. The number of Topliss-reactive ketones (excluding diaryl/α,β-unsaturated/α-hetero) is 1. The molecule has 0 aliphatic heterocycles. The standard InChI is InChI=1S/C10H14BrN3O/c1-6-9(11)7(14(2)13-6)5-8(15)10(12)3-4-10/h3-5,12H2,1-2H3. The molecular formula is C10H14BrN3O. The zero-order valence-corrected chi connectivity index (χ0v) is 10.5. The third-order valence-electron chi connectivity index (χ3n) is 2.93. The van der Waals surface area contributed by atoms with E-state index in [0.29, 0.717) is 6.42 Å². The first kappa shape index (κ1) is 10.8. The fourth-order valence-electron chi connectivity index (χ4n) is 1.61. The predicted octanol–water partition coefficient (Wildman–Crippen LogP) is 1.09. The molecule has 1 aromatic heterocycles. The lowest BCUT2D eigenvalue weighted by Gasteiger charge is -2.07. The van der Waals surface area contributed by atoms with Gasteiger partial charge in [0, 0.05) is 7.05 Å². The molecule has 1 aliphatic rings. The van der Waals surface area contributed by atoms with E-state index in [2.05, 4.69) is 21.0 Å². The summed E-state index contributed by atoms with van der Waals surface area (Å²) in [4.78, 5) is 11.8. The van der Waals surface area contributed by atoms with Crippen LogP contribution in [0.5, 0.6) is 0 Å². The van der Waals surface area contributed by atoms with Crippen molar-refractivity contribution in [3.63, 3.8) is 0 Å². The first-order chi connectivity index (χ1) is 6.94. The smallest absolute Gasteiger partial charge is 0.158 e. The number of nitrogens with zero attached hydrogens (tertiary/aromatic N) is 2. The zero-order chi connectivity index (χ0) is 11.2. The number of rotatable bonds is 3. The molecule has 4 nitrogen and oxygen atoms in total. The van der Waals surface area contributed by atoms with Gasteiger partial charge in [0.2, 0.25) is 0 Å². The van der Waals surface area contributed by atoms with Crippen molar-refractivity contribution >= 4 is 21.7 Å². The molecule has 1 aromatic rings. The highest BCUT2D eigenvalue weighted by atomic mass is 79.9. The zero-order valence-electron chi connectivity index (χ0n) is 8.88. The van der Waals surface area contributed by atoms with Gasteiger partial charge in [0.1, 0.15) is 0 Å². The molecule has 0 bridgehead atoms. The van der Waals surface area contributed by atoms with E-state index in [-0.39, 0.29) is 5.78 Å². The van der Waals surface area contributed by atoms with Gasteiger partial charge in [-0.05, 0) is 35.7 Å². The highest BCUT2D eigenvalue weighted by molar-refractivity contribution is 9.10. The van der Waals surface area contributed by atoms with Gasteiger partial charge < -0.3 is 5.73 Å². The maximum absolute atomic E-state index is 11.8. The highest BCUT2D eigenvalue weighted by Crippen LogP contribution is 2.34. The molecule has 1 heterocycles. The second kappa shape index (κ2) is 3.42. The Labute approximate surface area is 97.0 Å². The number of hydrogen-bond acceptors (Lipinski definition) is 3. The molecule has 1 fully saturated rings. The van der Waals surface area contributed by atoms with Crippen LogP contribution in [0.4, 0.5) is 0 Å². The summed E-state index contributed by atoms with van der Waals surface area (Å²) in [5.74, 6) is 0.117.